The molecule has 0 radical (unpaired) electrons. The molecule has 0 unspecified atom stereocenters. The minimum Gasteiger partial charge on any atom is -0.351 e. The van der Waals surface area contributed by atoms with Crippen molar-refractivity contribution in [1.82, 2.24) is 15.1 Å². The fourth-order valence-corrected chi connectivity index (χ4v) is 4.17. The van der Waals surface area contributed by atoms with Gasteiger partial charge >= 0.3 is 6.18 Å². The van der Waals surface area contributed by atoms with E-state index in [1.165, 1.54) is 11.8 Å². The van der Waals surface area contributed by atoms with Crippen LogP contribution in [-0.2, 0) is 4.79 Å². The van der Waals surface area contributed by atoms with Gasteiger partial charge in [0.2, 0.25) is 11.0 Å². The van der Waals surface area contributed by atoms with Gasteiger partial charge in [0, 0.05) is 13.1 Å². The summed E-state index contributed by atoms with van der Waals surface area (Å²) in [5.74, 6) is 0.689. The lowest BCUT2D eigenvalue weighted by molar-refractivity contribution is -0.131. The molecule has 1 aromatic rings. The summed E-state index contributed by atoms with van der Waals surface area (Å²) in [7, 11) is 0. The van der Waals surface area contributed by atoms with E-state index < -0.39 is 12.7 Å². The Kier molecular flexibility index (Phi) is 6.12. The summed E-state index contributed by atoms with van der Waals surface area (Å²) in [6.07, 6.45) is -2.28. The Morgan fingerprint density at radius 1 is 1.43 bits per heavy atom. The molecular weight excluding hydrogens is 349 g/mol. The molecule has 10 heteroatoms. The van der Waals surface area contributed by atoms with Gasteiger partial charge in [-0.05, 0) is 25.7 Å². The smallest absolute Gasteiger partial charge is 0.351 e. The van der Waals surface area contributed by atoms with E-state index in [1.54, 1.807) is 6.92 Å². The maximum Gasteiger partial charge on any atom is 0.405 e. The number of likely N-dealkylation sites (tertiary alicyclic amines) is 1. The van der Waals surface area contributed by atoms with Crippen LogP contribution in [0.4, 0.5) is 18.3 Å². The minimum absolute atomic E-state index is 0.0434. The first-order valence-electron chi connectivity index (χ1n) is 7.34. The van der Waals surface area contributed by atoms with Gasteiger partial charge in [0.25, 0.3) is 0 Å². The second-order valence-electron chi connectivity index (χ2n) is 5.61. The van der Waals surface area contributed by atoms with E-state index in [4.69, 9.17) is 0 Å². The van der Waals surface area contributed by atoms with Gasteiger partial charge in [-0.15, -0.1) is 10.2 Å². The number of carbonyl (C=O) groups is 1. The quantitative estimate of drug-likeness (QED) is 0.809. The molecule has 130 valence electrons. The zero-order valence-electron chi connectivity index (χ0n) is 12.9. The number of anilines is 1. The molecule has 0 aliphatic carbocycles. The lowest BCUT2D eigenvalue weighted by atomic mass is 9.99. The summed E-state index contributed by atoms with van der Waals surface area (Å²) in [4.78, 5) is 14.2. The number of alkyl halides is 3. The number of piperidine rings is 1. The Morgan fingerprint density at radius 3 is 2.70 bits per heavy atom. The molecule has 1 aliphatic heterocycles. The van der Waals surface area contributed by atoms with Gasteiger partial charge in [-0.1, -0.05) is 30.0 Å². The summed E-state index contributed by atoms with van der Waals surface area (Å²) in [6, 6.07) is 0. The molecule has 0 aromatic carbocycles. The first-order valence-corrected chi connectivity index (χ1v) is 9.04. The number of amides is 1. The third-order valence-corrected chi connectivity index (χ3v) is 5.62. The molecule has 1 aliphatic rings. The van der Waals surface area contributed by atoms with Crippen LogP contribution in [0.5, 0.6) is 0 Å². The van der Waals surface area contributed by atoms with Gasteiger partial charge in [-0.2, -0.15) is 13.2 Å². The second kappa shape index (κ2) is 7.69. The average molecular weight is 368 g/mol. The van der Waals surface area contributed by atoms with Gasteiger partial charge in [0.1, 0.15) is 6.54 Å². The van der Waals surface area contributed by atoms with Crippen molar-refractivity contribution in [3.63, 3.8) is 0 Å². The van der Waals surface area contributed by atoms with Crippen LogP contribution in [0.3, 0.4) is 0 Å². The van der Waals surface area contributed by atoms with Crippen molar-refractivity contribution in [2.24, 2.45) is 5.92 Å². The van der Waals surface area contributed by atoms with Gasteiger partial charge in [0.05, 0.1) is 5.25 Å². The molecule has 23 heavy (non-hydrogen) atoms. The molecule has 1 aromatic heterocycles. The first kappa shape index (κ1) is 18.3. The van der Waals surface area contributed by atoms with Crippen molar-refractivity contribution >= 4 is 34.1 Å². The monoisotopic (exact) mass is 368 g/mol. The lowest BCUT2D eigenvalue weighted by Crippen LogP contribution is -2.41. The first-order chi connectivity index (χ1) is 10.7. The fraction of sp³-hybridized carbons (Fsp3) is 0.769. The third kappa shape index (κ3) is 5.83. The number of nitrogens with zero attached hydrogens (tertiary/aromatic N) is 3. The van der Waals surface area contributed by atoms with Crippen LogP contribution in [-0.4, -0.2) is 52.1 Å². The molecule has 1 saturated heterocycles. The van der Waals surface area contributed by atoms with Crippen molar-refractivity contribution in [2.75, 3.05) is 25.0 Å². The lowest BCUT2D eigenvalue weighted by Gasteiger charge is -2.31. The molecule has 2 rings (SSSR count). The highest BCUT2D eigenvalue weighted by atomic mass is 32.2. The molecule has 0 saturated carbocycles. The second-order valence-corrected chi connectivity index (χ2v) is 8.18. The van der Waals surface area contributed by atoms with Crippen LogP contribution in [0.25, 0.3) is 0 Å². The third-order valence-electron chi connectivity index (χ3n) is 3.57. The Bertz CT molecular complexity index is 530. The molecule has 0 bridgehead atoms. The minimum atomic E-state index is -4.30. The highest BCUT2D eigenvalue weighted by molar-refractivity contribution is 8.02. The topological polar surface area (TPSA) is 58.1 Å². The summed E-state index contributed by atoms with van der Waals surface area (Å²) in [5.41, 5.74) is 0. The highest BCUT2D eigenvalue weighted by Gasteiger charge is 2.28. The van der Waals surface area contributed by atoms with Crippen LogP contribution in [0.2, 0.25) is 0 Å². The van der Waals surface area contributed by atoms with Crippen LogP contribution in [0, 0.1) is 5.92 Å². The normalized spacial score (nSPS) is 18.0. The number of thioether (sulfide) groups is 1. The summed E-state index contributed by atoms with van der Waals surface area (Å²) >= 11 is 2.26. The van der Waals surface area contributed by atoms with Crippen LogP contribution >= 0.6 is 23.1 Å². The van der Waals surface area contributed by atoms with E-state index >= 15 is 0 Å². The fourth-order valence-electron chi connectivity index (χ4n) is 2.19. The number of rotatable bonds is 5. The summed E-state index contributed by atoms with van der Waals surface area (Å²) < 4.78 is 36.9. The SMILES string of the molecule is CC1CCN(C(=O)[C@H](C)Sc2nnc(NCC(F)(F)F)s2)CC1. The van der Waals surface area contributed by atoms with E-state index in [-0.39, 0.29) is 16.3 Å². The molecule has 1 atom stereocenters. The predicted molar refractivity (Wildman–Crippen MR) is 84.8 cm³/mol. The molecule has 5 nitrogen and oxygen atoms in total. The Hall–Kier alpha value is -1.03. The Morgan fingerprint density at radius 2 is 2.09 bits per heavy atom. The van der Waals surface area contributed by atoms with E-state index in [0.29, 0.717) is 10.3 Å². The zero-order chi connectivity index (χ0) is 17.0. The molecule has 2 heterocycles. The van der Waals surface area contributed by atoms with Gasteiger partial charge in [0.15, 0.2) is 4.34 Å². The van der Waals surface area contributed by atoms with E-state index in [9.17, 15) is 18.0 Å². The number of halogens is 3. The molecule has 1 amide bonds. The van der Waals surface area contributed by atoms with Crippen molar-refractivity contribution in [2.45, 2.75) is 42.5 Å². The van der Waals surface area contributed by atoms with Crippen molar-refractivity contribution in [1.29, 1.82) is 0 Å². The maximum atomic E-state index is 12.4. The van der Waals surface area contributed by atoms with E-state index in [1.807, 2.05) is 4.90 Å². The van der Waals surface area contributed by atoms with E-state index in [2.05, 4.69) is 22.4 Å². The average Bonchev–Trinajstić information content (AvgIpc) is 2.92. The number of hydrogen-bond acceptors (Lipinski definition) is 6. The van der Waals surface area contributed by atoms with Gasteiger partial charge < -0.3 is 10.2 Å². The zero-order valence-corrected chi connectivity index (χ0v) is 14.5. The summed E-state index contributed by atoms with van der Waals surface area (Å²) in [5, 5.41) is 9.46. The number of hydrogen-bond donors (Lipinski definition) is 1. The Balaban J connectivity index is 1.84. The molecular formula is C13H19F3N4OS2. The molecule has 1 N–H and O–H groups in total. The van der Waals surface area contributed by atoms with Crippen molar-refractivity contribution < 1.29 is 18.0 Å². The summed E-state index contributed by atoms with van der Waals surface area (Å²) in [6.45, 7) is 4.34. The number of carbonyl (C=O) groups excluding carboxylic acids is 1. The van der Waals surface area contributed by atoms with Gasteiger partial charge in [-0.3, -0.25) is 4.79 Å². The predicted octanol–water partition coefficient (Wildman–Crippen LogP) is 3.25. The van der Waals surface area contributed by atoms with Crippen molar-refractivity contribution in [3.05, 3.63) is 0 Å². The number of nitrogens with one attached hydrogen (secondary N) is 1. The van der Waals surface area contributed by atoms with Crippen LogP contribution in [0.15, 0.2) is 4.34 Å². The molecule has 1 fully saturated rings. The number of aromatic nitrogens is 2. The maximum absolute atomic E-state index is 12.4. The molecule has 0 spiro atoms. The Labute approximate surface area is 141 Å². The standard InChI is InChI=1S/C13H19F3N4OS2/c1-8-3-5-20(6-4-8)10(21)9(2)22-12-19-18-11(23-12)17-7-13(14,15)16/h8-9H,3-7H2,1-2H3,(H,17,18)/t9-/m0/s1. The van der Waals surface area contributed by atoms with E-state index in [0.717, 1.165) is 37.3 Å². The van der Waals surface area contributed by atoms with Crippen LogP contribution in [0.1, 0.15) is 26.7 Å². The van der Waals surface area contributed by atoms with Crippen molar-refractivity contribution in [3.8, 4) is 0 Å². The largest absolute Gasteiger partial charge is 0.405 e. The van der Waals surface area contributed by atoms with Crippen LogP contribution < -0.4 is 5.32 Å². The van der Waals surface area contributed by atoms with Gasteiger partial charge in [-0.25, -0.2) is 0 Å². The highest BCUT2D eigenvalue weighted by Crippen LogP contribution is 2.31.